The molecule has 0 spiro atoms. The summed E-state index contributed by atoms with van der Waals surface area (Å²) >= 11 is 0. The molecule has 23 heavy (non-hydrogen) atoms. The minimum absolute atomic E-state index is 0.156. The molecule has 3 rings (SSSR count). The fraction of sp³-hybridized carbons (Fsp3) is 0.0556. The number of rotatable bonds is 1. The van der Waals surface area contributed by atoms with E-state index in [0.29, 0.717) is 17.0 Å². The van der Waals surface area contributed by atoms with Crippen LogP contribution in [0, 0.1) is 18.8 Å². The number of anilines is 1. The molecule has 1 aromatic carbocycles. The van der Waals surface area contributed by atoms with E-state index >= 15 is 0 Å². The molecule has 0 radical (unpaired) electrons. The average Bonchev–Trinajstić information content (AvgIpc) is 2.54. The van der Waals surface area contributed by atoms with Gasteiger partial charge in [0.05, 0.1) is 17.0 Å². The molecule has 0 aliphatic carbocycles. The number of nitrogens with two attached hydrogens (primary N) is 1. The van der Waals surface area contributed by atoms with Crippen molar-refractivity contribution in [1.29, 1.82) is 0 Å². The van der Waals surface area contributed by atoms with Crippen molar-refractivity contribution in [2.24, 2.45) is 0 Å². The molecule has 2 aromatic heterocycles. The van der Waals surface area contributed by atoms with E-state index < -0.39 is 0 Å². The van der Waals surface area contributed by atoms with E-state index in [1.807, 2.05) is 25.1 Å². The zero-order valence-electron chi connectivity index (χ0n) is 12.5. The van der Waals surface area contributed by atoms with Gasteiger partial charge in [-0.25, -0.2) is 9.97 Å². The lowest BCUT2D eigenvalue weighted by Gasteiger charge is -2.08. The Balaban J connectivity index is 2.15. The van der Waals surface area contributed by atoms with E-state index in [1.54, 1.807) is 30.6 Å². The van der Waals surface area contributed by atoms with Gasteiger partial charge in [0.15, 0.2) is 0 Å². The largest absolute Gasteiger partial charge is 0.508 e. The minimum Gasteiger partial charge on any atom is -0.508 e. The molecule has 3 aromatic rings. The highest BCUT2D eigenvalue weighted by Crippen LogP contribution is 2.26. The van der Waals surface area contributed by atoms with Gasteiger partial charge in [-0.05, 0) is 31.2 Å². The van der Waals surface area contributed by atoms with Crippen LogP contribution in [0.4, 0.5) is 5.95 Å². The smallest absolute Gasteiger partial charge is 0.220 e. The van der Waals surface area contributed by atoms with Gasteiger partial charge in [-0.1, -0.05) is 24.0 Å². The van der Waals surface area contributed by atoms with Crippen molar-refractivity contribution in [2.75, 3.05) is 5.73 Å². The number of aromatic nitrogens is 3. The molecule has 2 heterocycles. The predicted octanol–water partition coefficient (Wildman–Crippen LogP) is 2.53. The van der Waals surface area contributed by atoms with Crippen molar-refractivity contribution in [2.45, 2.75) is 6.92 Å². The average molecular weight is 302 g/mol. The first-order chi connectivity index (χ1) is 11.1. The topological polar surface area (TPSA) is 84.9 Å². The molecule has 5 nitrogen and oxygen atoms in total. The number of hydrogen-bond donors (Lipinski definition) is 2. The Hall–Kier alpha value is -3.39. The summed E-state index contributed by atoms with van der Waals surface area (Å²) in [4.78, 5) is 12.5. The van der Waals surface area contributed by atoms with E-state index in [4.69, 9.17) is 5.73 Å². The van der Waals surface area contributed by atoms with Gasteiger partial charge in [0.1, 0.15) is 5.75 Å². The number of benzene rings is 1. The molecule has 0 unspecified atom stereocenters. The third kappa shape index (κ3) is 3.27. The van der Waals surface area contributed by atoms with Crippen molar-refractivity contribution in [3.05, 3.63) is 65.6 Å². The highest BCUT2D eigenvalue weighted by Gasteiger charge is 2.11. The van der Waals surface area contributed by atoms with Gasteiger partial charge >= 0.3 is 0 Å². The standard InChI is InChI=1S/C18H14N4O/c1-12-16(8-7-13-4-3-9-20-11-13)17(22-18(19)21-12)14-5-2-6-15(23)10-14/h2-6,9-11,23H,1H3,(H2,19,21,22). The Morgan fingerprint density at radius 2 is 1.96 bits per heavy atom. The predicted molar refractivity (Wildman–Crippen MR) is 88.5 cm³/mol. The summed E-state index contributed by atoms with van der Waals surface area (Å²) in [5.74, 6) is 6.47. The van der Waals surface area contributed by atoms with Crippen LogP contribution in [0.25, 0.3) is 11.3 Å². The molecule has 0 amide bonds. The fourth-order valence-electron chi connectivity index (χ4n) is 2.18. The van der Waals surface area contributed by atoms with Gasteiger partial charge in [0.25, 0.3) is 0 Å². The van der Waals surface area contributed by atoms with Crippen LogP contribution in [-0.2, 0) is 0 Å². The Labute approximate surface area is 133 Å². The van der Waals surface area contributed by atoms with Crippen LogP contribution in [0.5, 0.6) is 5.75 Å². The lowest BCUT2D eigenvalue weighted by Crippen LogP contribution is -2.02. The highest BCUT2D eigenvalue weighted by molar-refractivity contribution is 5.70. The Bertz CT molecular complexity index is 911. The van der Waals surface area contributed by atoms with E-state index in [0.717, 1.165) is 11.1 Å². The number of pyridine rings is 1. The number of phenols is 1. The van der Waals surface area contributed by atoms with Crippen molar-refractivity contribution >= 4 is 5.95 Å². The van der Waals surface area contributed by atoms with E-state index in [-0.39, 0.29) is 11.7 Å². The van der Waals surface area contributed by atoms with Crippen LogP contribution in [-0.4, -0.2) is 20.1 Å². The van der Waals surface area contributed by atoms with Crippen molar-refractivity contribution < 1.29 is 5.11 Å². The number of phenolic OH excluding ortho intramolecular Hbond substituents is 1. The number of aryl methyl sites for hydroxylation is 1. The number of aromatic hydroxyl groups is 1. The molecule has 0 atom stereocenters. The normalized spacial score (nSPS) is 9.96. The maximum Gasteiger partial charge on any atom is 0.220 e. The lowest BCUT2D eigenvalue weighted by molar-refractivity contribution is 0.475. The zero-order valence-corrected chi connectivity index (χ0v) is 12.5. The Morgan fingerprint density at radius 1 is 1.09 bits per heavy atom. The first-order valence-corrected chi connectivity index (χ1v) is 6.99. The molecule has 0 bridgehead atoms. The number of nitrogen functional groups attached to an aromatic ring is 1. The van der Waals surface area contributed by atoms with Gasteiger partial charge in [-0.15, -0.1) is 0 Å². The molecular formula is C18H14N4O. The summed E-state index contributed by atoms with van der Waals surface area (Å²) in [6.45, 7) is 1.83. The van der Waals surface area contributed by atoms with Crippen LogP contribution >= 0.6 is 0 Å². The second-order valence-electron chi connectivity index (χ2n) is 4.93. The van der Waals surface area contributed by atoms with Crippen molar-refractivity contribution in [3.63, 3.8) is 0 Å². The molecule has 5 heteroatoms. The Kier molecular flexibility index (Phi) is 3.89. The highest BCUT2D eigenvalue weighted by atomic mass is 16.3. The first kappa shape index (κ1) is 14.5. The van der Waals surface area contributed by atoms with Gasteiger partial charge in [0.2, 0.25) is 5.95 Å². The van der Waals surface area contributed by atoms with Crippen molar-refractivity contribution in [3.8, 4) is 28.8 Å². The fourth-order valence-corrected chi connectivity index (χ4v) is 2.18. The van der Waals surface area contributed by atoms with Crippen LogP contribution in [0.1, 0.15) is 16.8 Å². The molecule has 112 valence electrons. The minimum atomic E-state index is 0.156. The summed E-state index contributed by atoms with van der Waals surface area (Å²) in [6.07, 6.45) is 3.38. The number of nitrogens with zero attached hydrogens (tertiary/aromatic N) is 3. The quantitative estimate of drug-likeness (QED) is 0.675. The SMILES string of the molecule is Cc1nc(N)nc(-c2cccc(O)c2)c1C#Cc1cccnc1. The summed E-state index contributed by atoms with van der Waals surface area (Å²) in [5.41, 5.74) is 9.26. The summed E-state index contributed by atoms with van der Waals surface area (Å²) < 4.78 is 0. The summed E-state index contributed by atoms with van der Waals surface area (Å²) in [6, 6.07) is 10.5. The van der Waals surface area contributed by atoms with Crippen LogP contribution in [0.3, 0.4) is 0 Å². The second kappa shape index (κ2) is 6.16. The van der Waals surface area contributed by atoms with Crippen molar-refractivity contribution in [1.82, 2.24) is 15.0 Å². The Morgan fingerprint density at radius 3 is 2.70 bits per heavy atom. The molecule has 0 saturated carbocycles. The van der Waals surface area contributed by atoms with Gasteiger partial charge in [0, 0.05) is 23.5 Å². The van der Waals surface area contributed by atoms with Crippen LogP contribution < -0.4 is 5.73 Å². The number of hydrogen-bond acceptors (Lipinski definition) is 5. The molecule has 0 aliphatic heterocycles. The maximum atomic E-state index is 9.69. The van der Waals surface area contributed by atoms with Gasteiger partial charge < -0.3 is 10.8 Å². The monoisotopic (exact) mass is 302 g/mol. The maximum absolute atomic E-state index is 9.69. The van der Waals surface area contributed by atoms with Gasteiger partial charge in [-0.2, -0.15) is 0 Å². The molecule has 0 aliphatic rings. The first-order valence-electron chi connectivity index (χ1n) is 6.99. The van der Waals surface area contributed by atoms with E-state index in [9.17, 15) is 5.11 Å². The molecule has 0 saturated heterocycles. The zero-order chi connectivity index (χ0) is 16.2. The third-order valence-corrected chi connectivity index (χ3v) is 3.22. The van der Waals surface area contributed by atoms with Crippen LogP contribution in [0.2, 0.25) is 0 Å². The van der Waals surface area contributed by atoms with E-state index in [1.165, 1.54) is 0 Å². The molecule has 0 fully saturated rings. The van der Waals surface area contributed by atoms with Gasteiger partial charge in [-0.3, -0.25) is 4.98 Å². The lowest BCUT2D eigenvalue weighted by atomic mass is 10.0. The van der Waals surface area contributed by atoms with E-state index in [2.05, 4.69) is 26.8 Å². The second-order valence-corrected chi connectivity index (χ2v) is 4.93. The molecular weight excluding hydrogens is 288 g/mol. The molecule has 3 N–H and O–H groups in total. The van der Waals surface area contributed by atoms with Crippen LogP contribution in [0.15, 0.2) is 48.8 Å². The summed E-state index contributed by atoms with van der Waals surface area (Å²) in [5, 5.41) is 9.69. The summed E-state index contributed by atoms with van der Waals surface area (Å²) in [7, 11) is 0. The third-order valence-electron chi connectivity index (χ3n) is 3.22.